The summed E-state index contributed by atoms with van der Waals surface area (Å²) in [5.41, 5.74) is 0. The summed E-state index contributed by atoms with van der Waals surface area (Å²) in [5.74, 6) is 0.440. The lowest BCUT2D eigenvalue weighted by molar-refractivity contribution is -0.112. The average molecular weight is 417 g/mol. The molecule has 0 spiro atoms. The Balaban J connectivity index is 1.74. The van der Waals surface area contributed by atoms with E-state index < -0.39 is 9.84 Å². The average Bonchev–Trinajstić information content (AvgIpc) is 2.51. The van der Waals surface area contributed by atoms with Crippen LogP contribution < -0.4 is 5.32 Å². The van der Waals surface area contributed by atoms with E-state index in [1.807, 2.05) is 4.90 Å². The number of amides is 1. The minimum atomic E-state index is -2.92. The van der Waals surface area contributed by atoms with Crippen LogP contribution >= 0.6 is 15.9 Å². The molecule has 1 N–H and O–H groups in total. The van der Waals surface area contributed by atoms with Gasteiger partial charge in [0.2, 0.25) is 0 Å². The standard InChI is InChI=1S/C15H21BrN4O3S/c1-24(22,23)11-10-20-8-6-19(7-9-20)5-3-15(21)18-14-12-13(16)2-4-17-14/h2-5,12H,6-11H2,1H3,(H,17,18,21). The number of nitrogens with one attached hydrogen (secondary N) is 1. The lowest BCUT2D eigenvalue weighted by Gasteiger charge is -2.33. The van der Waals surface area contributed by atoms with Gasteiger partial charge < -0.3 is 10.2 Å². The largest absolute Gasteiger partial charge is 0.375 e. The van der Waals surface area contributed by atoms with Crippen LogP contribution in [0.1, 0.15) is 0 Å². The predicted octanol–water partition coefficient (Wildman–Crippen LogP) is 0.959. The zero-order valence-corrected chi connectivity index (χ0v) is 15.9. The maximum absolute atomic E-state index is 11.9. The monoisotopic (exact) mass is 416 g/mol. The first-order valence-electron chi connectivity index (χ1n) is 7.57. The van der Waals surface area contributed by atoms with Crippen LogP contribution in [0.25, 0.3) is 0 Å². The minimum absolute atomic E-state index is 0.185. The van der Waals surface area contributed by atoms with Crippen molar-refractivity contribution in [2.24, 2.45) is 0 Å². The van der Waals surface area contributed by atoms with Crippen LogP contribution in [0.2, 0.25) is 0 Å². The maximum Gasteiger partial charge on any atom is 0.250 e. The molecule has 1 amide bonds. The second-order valence-electron chi connectivity index (χ2n) is 5.67. The quantitative estimate of drug-likeness (QED) is 0.695. The van der Waals surface area contributed by atoms with Crippen molar-refractivity contribution in [2.45, 2.75) is 0 Å². The van der Waals surface area contributed by atoms with E-state index in [9.17, 15) is 13.2 Å². The summed E-state index contributed by atoms with van der Waals surface area (Å²) in [6.07, 6.45) is 6.11. The highest BCUT2D eigenvalue weighted by atomic mass is 79.9. The number of piperazine rings is 1. The summed E-state index contributed by atoms with van der Waals surface area (Å²) in [6.45, 7) is 3.67. The van der Waals surface area contributed by atoms with Gasteiger partial charge in [-0.15, -0.1) is 0 Å². The fraction of sp³-hybridized carbons (Fsp3) is 0.467. The number of rotatable bonds is 6. The first-order chi connectivity index (χ1) is 11.3. The summed E-state index contributed by atoms with van der Waals surface area (Å²) in [4.78, 5) is 20.1. The maximum atomic E-state index is 11.9. The number of carbonyl (C=O) groups is 1. The molecule has 2 heterocycles. The van der Waals surface area contributed by atoms with Gasteiger partial charge in [-0.25, -0.2) is 13.4 Å². The number of hydrogen-bond donors (Lipinski definition) is 1. The molecule has 132 valence electrons. The van der Waals surface area contributed by atoms with Gasteiger partial charge in [0.05, 0.1) is 5.75 Å². The third kappa shape index (κ3) is 6.98. The first kappa shape index (κ1) is 18.9. The van der Waals surface area contributed by atoms with Gasteiger partial charge in [0.15, 0.2) is 0 Å². The van der Waals surface area contributed by atoms with Gasteiger partial charge in [0, 0.05) is 61.9 Å². The highest BCUT2D eigenvalue weighted by Gasteiger charge is 2.16. The van der Waals surface area contributed by atoms with Crippen LogP contribution in [0.4, 0.5) is 5.82 Å². The summed E-state index contributed by atoms with van der Waals surface area (Å²) in [6, 6.07) is 3.51. The molecular formula is C15H21BrN4O3S. The Kier molecular flexibility index (Phi) is 6.76. The SMILES string of the molecule is CS(=O)(=O)CCN1CCN(C=CC(=O)Nc2cc(Br)ccn2)CC1. The van der Waals surface area contributed by atoms with Crippen LogP contribution in [0.3, 0.4) is 0 Å². The fourth-order valence-electron chi connectivity index (χ4n) is 2.25. The summed E-state index contributed by atoms with van der Waals surface area (Å²) >= 11 is 3.32. The third-order valence-electron chi connectivity index (χ3n) is 3.60. The van der Waals surface area contributed by atoms with Gasteiger partial charge in [-0.05, 0) is 12.1 Å². The van der Waals surface area contributed by atoms with Crippen molar-refractivity contribution in [3.05, 3.63) is 35.1 Å². The van der Waals surface area contributed by atoms with Gasteiger partial charge in [0.25, 0.3) is 5.91 Å². The van der Waals surface area contributed by atoms with Gasteiger partial charge in [-0.3, -0.25) is 9.69 Å². The molecule has 1 saturated heterocycles. The van der Waals surface area contributed by atoms with Crippen molar-refractivity contribution in [3.63, 3.8) is 0 Å². The zero-order chi connectivity index (χ0) is 17.6. The normalized spacial score (nSPS) is 16.5. The van der Waals surface area contributed by atoms with Crippen molar-refractivity contribution >= 4 is 37.5 Å². The summed E-state index contributed by atoms with van der Waals surface area (Å²) in [5, 5.41) is 2.70. The predicted molar refractivity (Wildman–Crippen MR) is 97.4 cm³/mol. The van der Waals surface area contributed by atoms with E-state index in [0.717, 1.165) is 30.7 Å². The van der Waals surface area contributed by atoms with Crippen LogP contribution in [-0.2, 0) is 14.6 Å². The Bertz CT molecular complexity index is 700. The van der Waals surface area contributed by atoms with Crippen LogP contribution in [-0.4, -0.2) is 73.8 Å². The number of halogens is 1. The Morgan fingerprint density at radius 2 is 2.08 bits per heavy atom. The molecule has 1 aromatic heterocycles. The van der Waals surface area contributed by atoms with E-state index in [4.69, 9.17) is 0 Å². The van der Waals surface area contributed by atoms with Crippen molar-refractivity contribution in [2.75, 3.05) is 50.0 Å². The van der Waals surface area contributed by atoms with Crippen LogP contribution in [0.5, 0.6) is 0 Å². The first-order valence-corrected chi connectivity index (χ1v) is 10.4. The van der Waals surface area contributed by atoms with Gasteiger partial charge >= 0.3 is 0 Å². The van der Waals surface area contributed by atoms with E-state index >= 15 is 0 Å². The molecule has 0 aliphatic carbocycles. The fourth-order valence-corrected chi connectivity index (χ4v) is 3.17. The highest BCUT2D eigenvalue weighted by Crippen LogP contribution is 2.12. The molecule has 0 unspecified atom stereocenters. The summed E-state index contributed by atoms with van der Waals surface area (Å²) < 4.78 is 23.2. The molecule has 0 saturated carbocycles. The Morgan fingerprint density at radius 3 is 2.71 bits per heavy atom. The molecule has 2 rings (SSSR count). The number of nitrogens with zero attached hydrogens (tertiary/aromatic N) is 3. The molecule has 0 atom stereocenters. The van der Waals surface area contributed by atoms with Crippen molar-refractivity contribution < 1.29 is 13.2 Å². The summed E-state index contributed by atoms with van der Waals surface area (Å²) in [7, 11) is -2.92. The molecule has 24 heavy (non-hydrogen) atoms. The van der Waals surface area contributed by atoms with E-state index in [-0.39, 0.29) is 11.7 Å². The Labute approximate surface area is 150 Å². The molecule has 1 aliphatic heterocycles. The number of hydrogen-bond acceptors (Lipinski definition) is 6. The van der Waals surface area contributed by atoms with Gasteiger partial charge in [0.1, 0.15) is 15.7 Å². The molecule has 1 aromatic rings. The molecule has 1 fully saturated rings. The van der Waals surface area contributed by atoms with Crippen molar-refractivity contribution in [1.29, 1.82) is 0 Å². The van der Waals surface area contributed by atoms with Crippen LogP contribution in [0, 0.1) is 0 Å². The molecule has 9 heteroatoms. The third-order valence-corrected chi connectivity index (χ3v) is 5.01. The van der Waals surface area contributed by atoms with Gasteiger partial charge in [-0.1, -0.05) is 15.9 Å². The topological polar surface area (TPSA) is 82.6 Å². The molecule has 0 aromatic carbocycles. The molecule has 7 nitrogen and oxygen atoms in total. The molecule has 1 aliphatic rings. The Hall–Kier alpha value is -1.45. The molecule has 0 bridgehead atoms. The van der Waals surface area contributed by atoms with E-state index in [0.29, 0.717) is 12.4 Å². The smallest absolute Gasteiger partial charge is 0.250 e. The number of pyridine rings is 1. The van der Waals surface area contributed by atoms with E-state index in [2.05, 4.69) is 31.1 Å². The number of aromatic nitrogens is 1. The zero-order valence-electron chi connectivity index (χ0n) is 13.5. The highest BCUT2D eigenvalue weighted by molar-refractivity contribution is 9.10. The van der Waals surface area contributed by atoms with E-state index in [1.54, 1.807) is 24.5 Å². The molecular weight excluding hydrogens is 396 g/mol. The second-order valence-corrected chi connectivity index (χ2v) is 8.85. The lowest BCUT2D eigenvalue weighted by atomic mass is 10.3. The number of carbonyl (C=O) groups excluding carboxylic acids is 1. The minimum Gasteiger partial charge on any atom is -0.375 e. The number of anilines is 1. The van der Waals surface area contributed by atoms with Crippen molar-refractivity contribution in [1.82, 2.24) is 14.8 Å². The number of sulfone groups is 1. The molecule has 0 radical (unpaired) electrons. The lowest BCUT2D eigenvalue weighted by Crippen LogP contribution is -2.45. The van der Waals surface area contributed by atoms with Crippen molar-refractivity contribution in [3.8, 4) is 0 Å². The van der Waals surface area contributed by atoms with E-state index in [1.165, 1.54) is 12.3 Å². The second kappa shape index (κ2) is 8.59. The Morgan fingerprint density at radius 1 is 1.38 bits per heavy atom. The van der Waals surface area contributed by atoms with Gasteiger partial charge in [-0.2, -0.15) is 0 Å². The van der Waals surface area contributed by atoms with Crippen LogP contribution in [0.15, 0.2) is 35.1 Å².